The number of aromatic amines is 1. The largest absolute Gasteiger partial charge is 0.491 e. The normalized spacial score (nSPS) is 13.4. The highest BCUT2D eigenvalue weighted by Gasteiger charge is 2.20. The highest BCUT2D eigenvalue weighted by atomic mass is 35.5. The summed E-state index contributed by atoms with van der Waals surface area (Å²) in [6.07, 6.45) is -0.0852. The zero-order valence-electron chi connectivity index (χ0n) is 16.5. The third kappa shape index (κ3) is 4.63. The average molecular weight is 422 g/mol. The molecule has 0 aliphatic carbocycles. The van der Waals surface area contributed by atoms with Crippen LogP contribution < -0.4 is 21.3 Å². The molecule has 0 radical (unpaired) electrons. The number of aryl methyl sites for hydroxylation is 1. The van der Waals surface area contributed by atoms with Gasteiger partial charge in [0.05, 0.1) is 6.54 Å². The number of hydrogen-bond acceptors (Lipinski definition) is 6. The predicted octanol–water partition coefficient (Wildman–Crippen LogP) is 1.73. The maximum atomic E-state index is 12.5. The number of H-pyrrole nitrogens is 1. The lowest BCUT2D eigenvalue weighted by molar-refractivity contribution is 0.0938. The Labute approximate surface area is 171 Å². The van der Waals surface area contributed by atoms with Gasteiger partial charge in [0.15, 0.2) is 11.2 Å². The summed E-state index contributed by atoms with van der Waals surface area (Å²) in [6.45, 7) is 4.06. The van der Waals surface area contributed by atoms with Crippen molar-refractivity contribution in [1.82, 2.24) is 19.1 Å². The summed E-state index contributed by atoms with van der Waals surface area (Å²) in [4.78, 5) is 31.1. The number of benzene rings is 1. The zero-order valence-corrected chi connectivity index (χ0v) is 17.2. The molecule has 3 aromatic rings. The third-order valence-corrected chi connectivity index (χ3v) is 4.90. The van der Waals surface area contributed by atoms with E-state index in [1.165, 1.54) is 11.6 Å². The van der Waals surface area contributed by atoms with Crippen LogP contribution in [0, 0.1) is 0 Å². The minimum atomic E-state index is -0.919. The van der Waals surface area contributed by atoms with Crippen molar-refractivity contribution in [3.63, 3.8) is 0 Å². The van der Waals surface area contributed by atoms with Crippen molar-refractivity contribution in [2.45, 2.75) is 39.0 Å². The van der Waals surface area contributed by atoms with Crippen LogP contribution in [0.4, 0.5) is 5.95 Å². The molecule has 0 saturated carbocycles. The molecular formula is C19H24ClN5O4. The Balaban J connectivity index is 1.90. The van der Waals surface area contributed by atoms with E-state index in [-0.39, 0.29) is 30.4 Å². The van der Waals surface area contributed by atoms with E-state index in [9.17, 15) is 14.7 Å². The maximum Gasteiger partial charge on any atom is 0.329 e. The fourth-order valence-corrected chi connectivity index (χ4v) is 2.96. The molecule has 10 heteroatoms. The molecule has 2 heterocycles. The lowest BCUT2D eigenvalue weighted by Gasteiger charge is -2.17. The third-order valence-electron chi connectivity index (χ3n) is 4.64. The Morgan fingerprint density at radius 1 is 1.31 bits per heavy atom. The van der Waals surface area contributed by atoms with Crippen LogP contribution in [0.3, 0.4) is 0 Å². The summed E-state index contributed by atoms with van der Waals surface area (Å²) in [5.74, 6) is 0.980. The van der Waals surface area contributed by atoms with Crippen molar-refractivity contribution < 1.29 is 9.84 Å². The summed E-state index contributed by atoms with van der Waals surface area (Å²) in [7, 11) is 1.53. The van der Waals surface area contributed by atoms with E-state index in [1.54, 1.807) is 28.8 Å². The van der Waals surface area contributed by atoms with Crippen LogP contribution in [0.15, 0.2) is 33.9 Å². The number of imidazole rings is 1. The van der Waals surface area contributed by atoms with Gasteiger partial charge in [0.25, 0.3) is 5.56 Å². The summed E-state index contributed by atoms with van der Waals surface area (Å²) >= 11 is 5.86. The number of aromatic nitrogens is 4. The smallest absolute Gasteiger partial charge is 0.329 e. The SMILES string of the molecule is CC[C@@H](C)Nc1nc2c(c(=O)[nH]c(=O)n2C)n1C[C@@H](O)COc1ccc(Cl)cc1. The van der Waals surface area contributed by atoms with Crippen LogP contribution >= 0.6 is 11.6 Å². The molecule has 0 aliphatic heterocycles. The number of nitrogens with one attached hydrogen (secondary N) is 2. The Kier molecular flexibility index (Phi) is 6.29. The molecule has 3 rings (SSSR count). The molecule has 1 aromatic carbocycles. The summed E-state index contributed by atoms with van der Waals surface area (Å²) < 4.78 is 8.44. The first-order valence-electron chi connectivity index (χ1n) is 9.32. The fourth-order valence-electron chi connectivity index (χ4n) is 2.83. The van der Waals surface area contributed by atoms with E-state index in [4.69, 9.17) is 16.3 Å². The van der Waals surface area contributed by atoms with E-state index in [0.717, 1.165) is 6.42 Å². The van der Waals surface area contributed by atoms with Crippen LogP contribution in [-0.2, 0) is 13.6 Å². The molecule has 0 spiro atoms. The van der Waals surface area contributed by atoms with Crippen LogP contribution in [0.2, 0.25) is 5.02 Å². The van der Waals surface area contributed by atoms with Crippen LogP contribution in [-0.4, -0.2) is 43.0 Å². The van der Waals surface area contributed by atoms with Crippen LogP contribution in [0.5, 0.6) is 5.75 Å². The molecule has 0 bridgehead atoms. The lowest BCUT2D eigenvalue weighted by atomic mass is 10.3. The quantitative estimate of drug-likeness (QED) is 0.510. The van der Waals surface area contributed by atoms with Gasteiger partial charge in [-0.2, -0.15) is 4.98 Å². The molecular weight excluding hydrogens is 398 g/mol. The van der Waals surface area contributed by atoms with Gasteiger partial charge in [-0.05, 0) is 37.6 Å². The molecule has 9 nitrogen and oxygen atoms in total. The molecule has 2 aromatic heterocycles. The van der Waals surface area contributed by atoms with Gasteiger partial charge in [0, 0.05) is 18.1 Å². The Hall–Kier alpha value is -2.78. The summed E-state index contributed by atoms with van der Waals surface area (Å²) in [5.41, 5.74) is -0.647. The minimum absolute atomic E-state index is 0.00768. The topological polar surface area (TPSA) is 114 Å². The molecule has 29 heavy (non-hydrogen) atoms. The fraction of sp³-hybridized carbons (Fsp3) is 0.421. The highest BCUT2D eigenvalue weighted by Crippen LogP contribution is 2.19. The molecule has 3 N–H and O–H groups in total. The number of halogens is 1. The number of nitrogens with zero attached hydrogens (tertiary/aromatic N) is 3. The number of aliphatic hydroxyl groups is 1. The standard InChI is InChI=1S/C19H24ClN5O4/c1-4-11(2)21-18-22-16-15(17(27)23-19(28)24(16)3)25(18)9-13(26)10-29-14-7-5-12(20)6-8-14/h5-8,11,13,26H,4,9-10H2,1-3H3,(H,21,22)(H,23,27,28)/t11-,13-/m1/s1. The van der Waals surface area contributed by atoms with Crippen molar-refractivity contribution in [3.05, 3.63) is 50.1 Å². The van der Waals surface area contributed by atoms with E-state index in [0.29, 0.717) is 16.7 Å². The molecule has 156 valence electrons. The van der Waals surface area contributed by atoms with Crippen molar-refractivity contribution in [3.8, 4) is 5.75 Å². The monoisotopic (exact) mass is 421 g/mol. The first kappa shape index (κ1) is 20.9. The molecule has 0 aliphatic rings. The number of ether oxygens (including phenoxy) is 1. The Morgan fingerprint density at radius 2 is 2.00 bits per heavy atom. The van der Waals surface area contributed by atoms with Gasteiger partial charge in [-0.25, -0.2) is 4.79 Å². The van der Waals surface area contributed by atoms with E-state index in [2.05, 4.69) is 15.3 Å². The first-order valence-corrected chi connectivity index (χ1v) is 9.70. The summed E-state index contributed by atoms with van der Waals surface area (Å²) in [5, 5.41) is 14.3. The second-order valence-corrected chi connectivity index (χ2v) is 7.35. The van der Waals surface area contributed by atoms with Crippen molar-refractivity contribution in [2.75, 3.05) is 11.9 Å². The molecule has 0 fully saturated rings. The van der Waals surface area contributed by atoms with Crippen molar-refractivity contribution >= 4 is 28.7 Å². The van der Waals surface area contributed by atoms with E-state index >= 15 is 0 Å². The van der Waals surface area contributed by atoms with Crippen molar-refractivity contribution in [2.24, 2.45) is 7.05 Å². The van der Waals surface area contributed by atoms with Gasteiger partial charge in [-0.15, -0.1) is 0 Å². The molecule has 2 atom stereocenters. The van der Waals surface area contributed by atoms with Gasteiger partial charge in [-0.3, -0.25) is 14.3 Å². The Morgan fingerprint density at radius 3 is 2.66 bits per heavy atom. The number of fused-ring (bicyclic) bond motifs is 1. The number of aliphatic hydroxyl groups excluding tert-OH is 1. The molecule has 0 unspecified atom stereocenters. The predicted molar refractivity (Wildman–Crippen MR) is 112 cm³/mol. The number of rotatable bonds is 8. The second-order valence-electron chi connectivity index (χ2n) is 6.91. The van der Waals surface area contributed by atoms with Crippen molar-refractivity contribution in [1.29, 1.82) is 0 Å². The van der Waals surface area contributed by atoms with E-state index in [1.807, 2.05) is 13.8 Å². The van der Waals surface area contributed by atoms with Gasteiger partial charge in [0.1, 0.15) is 18.5 Å². The maximum absolute atomic E-state index is 12.5. The number of anilines is 1. The highest BCUT2D eigenvalue weighted by molar-refractivity contribution is 6.30. The minimum Gasteiger partial charge on any atom is -0.491 e. The van der Waals surface area contributed by atoms with Gasteiger partial charge >= 0.3 is 5.69 Å². The first-order chi connectivity index (χ1) is 13.8. The molecule has 0 amide bonds. The van der Waals surface area contributed by atoms with Crippen LogP contribution in [0.25, 0.3) is 11.2 Å². The van der Waals surface area contributed by atoms with Gasteiger partial charge < -0.3 is 19.7 Å². The number of hydrogen-bond donors (Lipinski definition) is 3. The second kappa shape index (κ2) is 8.71. The van der Waals surface area contributed by atoms with Gasteiger partial charge in [0.2, 0.25) is 5.95 Å². The molecule has 0 saturated heterocycles. The summed E-state index contributed by atoms with van der Waals surface area (Å²) in [6, 6.07) is 6.89. The zero-order chi connectivity index (χ0) is 21.1. The van der Waals surface area contributed by atoms with Crippen LogP contribution in [0.1, 0.15) is 20.3 Å². The average Bonchev–Trinajstić information content (AvgIpc) is 3.04. The van der Waals surface area contributed by atoms with Gasteiger partial charge in [-0.1, -0.05) is 18.5 Å². The van der Waals surface area contributed by atoms with E-state index < -0.39 is 17.4 Å². The lowest BCUT2D eigenvalue weighted by Crippen LogP contribution is -2.31. The Bertz CT molecular complexity index is 1100.